The topological polar surface area (TPSA) is 37.8 Å². The molecular formula is C14H14F3N3. The largest absolute Gasteiger partial charge is 0.435 e. The number of halogens is 3. The van der Waals surface area contributed by atoms with E-state index in [1.807, 2.05) is 37.3 Å². The molecule has 1 atom stereocenters. The Morgan fingerprint density at radius 2 is 1.75 bits per heavy atom. The van der Waals surface area contributed by atoms with Crippen molar-refractivity contribution in [3.8, 4) is 0 Å². The van der Waals surface area contributed by atoms with Gasteiger partial charge in [-0.25, -0.2) is 0 Å². The highest BCUT2D eigenvalue weighted by molar-refractivity contribution is 5.34. The molecule has 3 nitrogen and oxygen atoms in total. The van der Waals surface area contributed by atoms with Crippen molar-refractivity contribution in [2.75, 3.05) is 11.9 Å². The minimum absolute atomic E-state index is 0.222. The van der Waals surface area contributed by atoms with E-state index in [0.29, 0.717) is 12.4 Å². The van der Waals surface area contributed by atoms with Crippen LogP contribution in [0.3, 0.4) is 0 Å². The minimum Gasteiger partial charge on any atom is -0.368 e. The number of nitrogens with one attached hydrogen (secondary N) is 1. The lowest BCUT2D eigenvalue weighted by Gasteiger charge is -2.13. The summed E-state index contributed by atoms with van der Waals surface area (Å²) >= 11 is 0. The third kappa shape index (κ3) is 3.69. The van der Waals surface area contributed by atoms with Crippen molar-refractivity contribution in [1.29, 1.82) is 0 Å². The Labute approximate surface area is 114 Å². The van der Waals surface area contributed by atoms with Crippen LogP contribution in [-0.2, 0) is 6.18 Å². The maximum Gasteiger partial charge on any atom is 0.435 e. The standard InChI is InChI=1S/C14H14F3N3/c1-10(11-5-3-2-4-6-11)9-18-13-8-7-12(19-20-13)14(15,16)17/h2-8,10H,9H2,1H3,(H,18,20). The molecule has 0 aliphatic rings. The van der Waals surface area contributed by atoms with Gasteiger partial charge in [-0.1, -0.05) is 37.3 Å². The van der Waals surface area contributed by atoms with Gasteiger partial charge >= 0.3 is 6.18 Å². The smallest absolute Gasteiger partial charge is 0.368 e. The summed E-state index contributed by atoms with van der Waals surface area (Å²) < 4.78 is 37.0. The van der Waals surface area contributed by atoms with Gasteiger partial charge in [0, 0.05) is 6.54 Å². The minimum atomic E-state index is -4.46. The summed E-state index contributed by atoms with van der Waals surface area (Å²) in [5.41, 5.74) is 0.166. The van der Waals surface area contributed by atoms with Crippen LogP contribution in [0.25, 0.3) is 0 Å². The number of alkyl halides is 3. The van der Waals surface area contributed by atoms with Crippen LogP contribution in [-0.4, -0.2) is 16.7 Å². The molecule has 106 valence electrons. The highest BCUT2D eigenvalue weighted by Crippen LogP contribution is 2.27. The number of aromatic nitrogens is 2. The van der Waals surface area contributed by atoms with Gasteiger partial charge in [0.05, 0.1) is 0 Å². The van der Waals surface area contributed by atoms with Gasteiger partial charge in [0.25, 0.3) is 0 Å². The Bertz CT molecular complexity index is 538. The molecule has 0 bridgehead atoms. The van der Waals surface area contributed by atoms with E-state index >= 15 is 0 Å². The molecule has 0 radical (unpaired) electrons. The summed E-state index contributed by atoms with van der Waals surface area (Å²) in [6, 6.07) is 12.0. The summed E-state index contributed by atoms with van der Waals surface area (Å²) in [7, 11) is 0. The zero-order valence-electron chi connectivity index (χ0n) is 10.9. The van der Waals surface area contributed by atoms with E-state index in [1.54, 1.807) is 0 Å². The van der Waals surface area contributed by atoms with E-state index in [0.717, 1.165) is 11.6 Å². The fraction of sp³-hybridized carbons (Fsp3) is 0.286. The molecule has 1 unspecified atom stereocenters. The number of rotatable bonds is 4. The van der Waals surface area contributed by atoms with Gasteiger partial charge in [-0.3, -0.25) is 0 Å². The lowest BCUT2D eigenvalue weighted by Crippen LogP contribution is -2.13. The first kappa shape index (κ1) is 14.3. The molecule has 2 rings (SSSR count). The maximum absolute atomic E-state index is 12.3. The Morgan fingerprint density at radius 3 is 2.30 bits per heavy atom. The summed E-state index contributed by atoms with van der Waals surface area (Å²) in [6.45, 7) is 2.60. The molecule has 1 aromatic carbocycles. The summed E-state index contributed by atoms with van der Waals surface area (Å²) in [4.78, 5) is 0. The molecule has 0 saturated carbocycles. The predicted octanol–water partition coefficient (Wildman–Crippen LogP) is 3.71. The van der Waals surface area contributed by atoms with Crippen LogP contribution in [0.4, 0.5) is 19.0 Å². The summed E-state index contributed by atoms with van der Waals surface area (Å²) in [5.74, 6) is 0.557. The first-order chi connectivity index (χ1) is 9.47. The molecule has 1 aromatic heterocycles. The fourth-order valence-electron chi connectivity index (χ4n) is 1.73. The Balaban J connectivity index is 1.94. The molecule has 1 heterocycles. The SMILES string of the molecule is CC(CNc1ccc(C(F)(F)F)nn1)c1ccccc1. The average molecular weight is 281 g/mol. The maximum atomic E-state index is 12.3. The fourth-order valence-corrected chi connectivity index (χ4v) is 1.73. The van der Waals surface area contributed by atoms with Crippen molar-refractivity contribution in [1.82, 2.24) is 10.2 Å². The van der Waals surface area contributed by atoms with Crippen molar-refractivity contribution in [3.63, 3.8) is 0 Å². The molecular weight excluding hydrogens is 267 g/mol. The van der Waals surface area contributed by atoms with Crippen LogP contribution in [0.5, 0.6) is 0 Å². The number of anilines is 1. The van der Waals surface area contributed by atoms with Crippen molar-refractivity contribution in [3.05, 3.63) is 53.7 Å². The van der Waals surface area contributed by atoms with Crippen molar-refractivity contribution in [2.45, 2.75) is 19.0 Å². The first-order valence-corrected chi connectivity index (χ1v) is 6.16. The zero-order valence-corrected chi connectivity index (χ0v) is 10.9. The van der Waals surface area contributed by atoms with Crippen LogP contribution in [0, 0.1) is 0 Å². The molecule has 1 N–H and O–H groups in total. The second-order valence-corrected chi connectivity index (χ2v) is 4.49. The van der Waals surface area contributed by atoms with Crippen LogP contribution in [0.15, 0.2) is 42.5 Å². The van der Waals surface area contributed by atoms with E-state index in [4.69, 9.17) is 0 Å². The molecule has 0 amide bonds. The quantitative estimate of drug-likeness (QED) is 0.928. The van der Waals surface area contributed by atoms with E-state index in [2.05, 4.69) is 15.5 Å². The van der Waals surface area contributed by atoms with Crippen molar-refractivity contribution < 1.29 is 13.2 Å². The van der Waals surface area contributed by atoms with Crippen LogP contribution in [0.2, 0.25) is 0 Å². The van der Waals surface area contributed by atoms with Gasteiger partial charge in [-0.15, -0.1) is 10.2 Å². The highest BCUT2D eigenvalue weighted by atomic mass is 19.4. The predicted molar refractivity (Wildman–Crippen MR) is 70.4 cm³/mol. The Kier molecular flexibility index (Phi) is 4.22. The molecule has 0 spiro atoms. The molecule has 0 aliphatic heterocycles. The zero-order chi connectivity index (χ0) is 14.6. The second-order valence-electron chi connectivity index (χ2n) is 4.49. The molecule has 2 aromatic rings. The summed E-state index contributed by atoms with van der Waals surface area (Å²) in [5, 5.41) is 9.67. The molecule has 20 heavy (non-hydrogen) atoms. The monoisotopic (exact) mass is 281 g/mol. The Morgan fingerprint density at radius 1 is 1.05 bits per heavy atom. The molecule has 0 aliphatic carbocycles. The molecule has 0 fully saturated rings. The average Bonchev–Trinajstić information content (AvgIpc) is 2.45. The van der Waals surface area contributed by atoms with Gasteiger partial charge in [0.2, 0.25) is 0 Å². The van der Waals surface area contributed by atoms with Gasteiger partial charge in [0.15, 0.2) is 5.69 Å². The van der Waals surface area contributed by atoms with E-state index < -0.39 is 11.9 Å². The summed E-state index contributed by atoms with van der Waals surface area (Å²) in [6.07, 6.45) is -4.46. The van der Waals surface area contributed by atoms with Crippen LogP contribution < -0.4 is 5.32 Å². The van der Waals surface area contributed by atoms with Gasteiger partial charge in [-0.05, 0) is 23.6 Å². The third-order valence-electron chi connectivity index (χ3n) is 2.91. The highest BCUT2D eigenvalue weighted by Gasteiger charge is 2.32. The molecule has 0 saturated heterocycles. The van der Waals surface area contributed by atoms with Gasteiger partial charge < -0.3 is 5.32 Å². The first-order valence-electron chi connectivity index (χ1n) is 6.16. The number of hydrogen-bond donors (Lipinski definition) is 1. The van der Waals surface area contributed by atoms with Crippen LogP contribution in [0.1, 0.15) is 24.1 Å². The van der Waals surface area contributed by atoms with Crippen molar-refractivity contribution >= 4 is 5.82 Å². The second kappa shape index (κ2) is 5.90. The molecule has 6 heteroatoms. The van der Waals surface area contributed by atoms with E-state index in [1.165, 1.54) is 6.07 Å². The van der Waals surface area contributed by atoms with Crippen LogP contribution >= 0.6 is 0 Å². The lowest BCUT2D eigenvalue weighted by atomic mass is 10.0. The van der Waals surface area contributed by atoms with E-state index in [-0.39, 0.29) is 5.92 Å². The van der Waals surface area contributed by atoms with Crippen molar-refractivity contribution in [2.24, 2.45) is 0 Å². The van der Waals surface area contributed by atoms with E-state index in [9.17, 15) is 13.2 Å². The van der Waals surface area contributed by atoms with Gasteiger partial charge in [-0.2, -0.15) is 13.2 Å². The Hall–Kier alpha value is -2.11. The normalized spacial score (nSPS) is 13.0. The number of benzene rings is 1. The lowest BCUT2D eigenvalue weighted by molar-refractivity contribution is -0.141. The van der Waals surface area contributed by atoms with Gasteiger partial charge in [0.1, 0.15) is 5.82 Å². The third-order valence-corrected chi connectivity index (χ3v) is 2.91. The number of nitrogens with zero attached hydrogens (tertiary/aromatic N) is 2. The number of hydrogen-bond acceptors (Lipinski definition) is 3.